The summed E-state index contributed by atoms with van der Waals surface area (Å²) in [6.45, 7) is 1.42. The number of halogens is 1. The molecule has 3 atom stereocenters. The van der Waals surface area contributed by atoms with E-state index in [9.17, 15) is 54.9 Å². The molecule has 0 bridgehead atoms. The van der Waals surface area contributed by atoms with E-state index in [2.05, 4.69) is 17.4 Å². The number of aromatic hydroxyl groups is 2. The average molecular weight is 1350 g/mol. The number of aliphatic hydroxyl groups excluding tert-OH is 6. The quantitative estimate of drug-likeness (QED) is 0.0233. The molecular weight excluding hydrogens is 1270 g/mol. The van der Waals surface area contributed by atoms with E-state index >= 15 is 0 Å². The molecule has 99 heavy (non-hydrogen) atoms. The molecule has 3 unspecified atom stereocenters. The maximum absolute atomic E-state index is 13.6. The number of amides is 2. The molecule has 17 heteroatoms. The van der Waals surface area contributed by atoms with Crippen molar-refractivity contribution >= 4 is 34.6 Å². The highest BCUT2D eigenvalue weighted by atomic mass is 35.5. The number of hydrogen-bond donors (Lipinski definition) is 9. The minimum atomic E-state index is -0.502. The molecule has 13 rings (SSSR count). The summed E-state index contributed by atoms with van der Waals surface area (Å²) in [7, 11) is 0. The summed E-state index contributed by atoms with van der Waals surface area (Å²) in [6, 6.07) is 69.8. The summed E-state index contributed by atoms with van der Waals surface area (Å²) in [6.07, 6.45) is 4.21. The second-order valence-corrected chi connectivity index (χ2v) is 24.8. The van der Waals surface area contributed by atoms with Crippen LogP contribution in [0.4, 0.5) is 0 Å². The fourth-order valence-electron chi connectivity index (χ4n) is 12.8. The van der Waals surface area contributed by atoms with E-state index in [1.165, 1.54) is 11.1 Å². The Bertz CT molecular complexity index is 4390. The fraction of sp³-hybridized carbons (Fsp3) is 0.220. The number of hydrogen-bond acceptors (Lipinski definition) is 14. The number of nitrogens with zero attached hydrogens (tertiary/aromatic N) is 2. The van der Waals surface area contributed by atoms with Crippen molar-refractivity contribution in [3.05, 3.63) is 336 Å². The van der Waals surface area contributed by atoms with Crippen molar-refractivity contribution < 1.29 is 64.8 Å². The molecule has 3 aliphatic rings. The van der Waals surface area contributed by atoms with Crippen LogP contribution in [-0.4, -0.2) is 93.3 Å². The molecule has 0 saturated carbocycles. The predicted molar refractivity (Wildman–Crippen MR) is 379 cm³/mol. The van der Waals surface area contributed by atoms with Crippen molar-refractivity contribution in [2.24, 2.45) is 0 Å². The molecule has 2 amide bonds. The highest BCUT2D eigenvalue weighted by Gasteiger charge is 2.34. The van der Waals surface area contributed by atoms with Crippen LogP contribution in [0.15, 0.2) is 231 Å². The Balaban J connectivity index is 0.000000155. The van der Waals surface area contributed by atoms with E-state index in [-0.39, 0.29) is 81.1 Å². The first-order chi connectivity index (χ1) is 48.2. The average Bonchev–Trinajstić information content (AvgIpc) is 0.787. The van der Waals surface area contributed by atoms with Crippen LogP contribution in [0.2, 0.25) is 0 Å². The van der Waals surface area contributed by atoms with Gasteiger partial charge in [-0.3, -0.25) is 14.4 Å². The van der Waals surface area contributed by atoms with Gasteiger partial charge in [-0.05, 0) is 178 Å². The maximum Gasteiger partial charge on any atom is 0.343 e. The molecule has 0 aromatic heterocycles. The van der Waals surface area contributed by atoms with Gasteiger partial charge in [0.2, 0.25) is 0 Å². The molecule has 16 nitrogen and oxygen atoms in total. The molecule has 0 saturated heterocycles. The Morgan fingerprint density at radius 1 is 0.394 bits per heavy atom. The van der Waals surface area contributed by atoms with Crippen molar-refractivity contribution in [3.8, 4) is 17.2 Å². The molecule has 10 aromatic rings. The summed E-state index contributed by atoms with van der Waals surface area (Å²) in [4.78, 5) is 53.8. The first kappa shape index (κ1) is 71.7. The van der Waals surface area contributed by atoms with Gasteiger partial charge in [-0.2, -0.15) is 0 Å². The topological polar surface area (TPSA) is 258 Å². The SMILES string of the molecule is O=C(Cl)c1ccccc1.O=C(Oc1cc(CC2c3ccc(CO)cc3CCN2C(=O)c2ccccc2)ccc1CO)c1ccccc1.O=C(c1ccccc1)N1CCc2cc(CO)ccc2C1Cc1ccc(CO)c(O)c1.OCc1ccc2c(c1)CCNC2Cc1ccc(CO)c(O)c1. The van der Waals surface area contributed by atoms with Crippen molar-refractivity contribution in [1.29, 1.82) is 0 Å². The van der Waals surface area contributed by atoms with Gasteiger partial charge in [-0.15, -0.1) is 0 Å². The zero-order chi connectivity index (χ0) is 69.8. The van der Waals surface area contributed by atoms with Gasteiger partial charge in [0.05, 0.1) is 57.3 Å². The van der Waals surface area contributed by atoms with Gasteiger partial charge in [-0.1, -0.05) is 176 Å². The number of fused-ring (bicyclic) bond motifs is 3. The Kier molecular flexibility index (Phi) is 25.3. The molecular formula is C82H80ClN3O13. The zero-order valence-corrected chi connectivity index (χ0v) is 55.4. The minimum absolute atomic E-state index is 0.0128. The zero-order valence-electron chi connectivity index (χ0n) is 54.7. The number of aliphatic hydroxyl groups is 6. The van der Waals surface area contributed by atoms with Crippen molar-refractivity contribution in [1.82, 2.24) is 15.1 Å². The van der Waals surface area contributed by atoms with Crippen LogP contribution in [0.25, 0.3) is 0 Å². The summed E-state index contributed by atoms with van der Waals surface area (Å²) in [5.74, 6) is -0.0672. The first-order valence-electron chi connectivity index (χ1n) is 32.9. The molecule has 3 aliphatic heterocycles. The van der Waals surface area contributed by atoms with E-state index < -0.39 is 11.2 Å². The van der Waals surface area contributed by atoms with Crippen LogP contribution in [0.3, 0.4) is 0 Å². The Labute approximate surface area is 580 Å². The number of rotatable bonds is 17. The minimum Gasteiger partial charge on any atom is -0.508 e. The molecule has 10 aromatic carbocycles. The van der Waals surface area contributed by atoms with Gasteiger partial charge in [-0.25, -0.2) is 4.79 Å². The second kappa shape index (κ2) is 34.9. The van der Waals surface area contributed by atoms with Crippen LogP contribution in [0.1, 0.15) is 143 Å². The van der Waals surface area contributed by atoms with Gasteiger partial charge >= 0.3 is 5.97 Å². The summed E-state index contributed by atoms with van der Waals surface area (Å²) in [5.41, 5.74) is 16.1. The molecule has 9 N–H and O–H groups in total. The number of benzene rings is 10. The normalized spacial score (nSPS) is 15.0. The number of nitrogens with one attached hydrogen (secondary N) is 1. The van der Waals surface area contributed by atoms with Crippen LogP contribution >= 0.6 is 11.6 Å². The van der Waals surface area contributed by atoms with E-state index in [0.717, 1.165) is 81.4 Å². The number of phenols is 2. The van der Waals surface area contributed by atoms with Crippen molar-refractivity contribution in [3.63, 3.8) is 0 Å². The third-order valence-corrected chi connectivity index (χ3v) is 18.3. The maximum atomic E-state index is 13.6. The highest BCUT2D eigenvalue weighted by molar-refractivity contribution is 6.67. The smallest absolute Gasteiger partial charge is 0.343 e. The molecule has 3 heterocycles. The third kappa shape index (κ3) is 18.4. The van der Waals surface area contributed by atoms with E-state index in [1.54, 1.807) is 84.9 Å². The van der Waals surface area contributed by atoms with Gasteiger partial charge in [0.25, 0.3) is 17.1 Å². The predicted octanol–water partition coefficient (Wildman–Crippen LogP) is 12.1. The van der Waals surface area contributed by atoms with Crippen LogP contribution < -0.4 is 10.1 Å². The van der Waals surface area contributed by atoms with Gasteiger partial charge < -0.3 is 60.7 Å². The molecule has 0 radical (unpaired) electrons. The summed E-state index contributed by atoms with van der Waals surface area (Å²) < 4.78 is 5.69. The van der Waals surface area contributed by atoms with Crippen molar-refractivity contribution in [2.75, 3.05) is 19.6 Å². The van der Waals surface area contributed by atoms with E-state index in [1.807, 2.05) is 143 Å². The van der Waals surface area contributed by atoms with Crippen LogP contribution in [0, 0.1) is 0 Å². The molecule has 0 spiro atoms. The number of carbonyl (C=O) groups is 4. The van der Waals surface area contributed by atoms with Gasteiger partial charge in [0, 0.05) is 52.5 Å². The number of esters is 1. The Morgan fingerprint density at radius 2 is 0.768 bits per heavy atom. The van der Waals surface area contributed by atoms with Crippen molar-refractivity contribution in [2.45, 2.75) is 96.3 Å². The second-order valence-electron chi connectivity index (χ2n) is 24.4. The van der Waals surface area contributed by atoms with Gasteiger partial charge in [0.1, 0.15) is 17.2 Å². The highest BCUT2D eigenvalue weighted by Crippen LogP contribution is 2.38. The monoisotopic (exact) mass is 1350 g/mol. The lowest BCUT2D eigenvalue weighted by Crippen LogP contribution is -2.41. The Hall–Kier alpha value is -10.1. The van der Waals surface area contributed by atoms with E-state index in [4.69, 9.17) is 21.4 Å². The number of ether oxygens (including phenoxy) is 1. The molecule has 0 fully saturated rings. The Morgan fingerprint density at radius 3 is 1.17 bits per heavy atom. The lowest BCUT2D eigenvalue weighted by atomic mass is 9.87. The first-order valence-corrected chi connectivity index (χ1v) is 33.3. The third-order valence-electron chi connectivity index (χ3n) is 18.1. The summed E-state index contributed by atoms with van der Waals surface area (Å²) >= 11 is 5.16. The standard InChI is InChI=1S/C32H29NO5.C25H25NO4.C18H21NO3.C7H5ClO/c34-20-23-12-14-28-26(17-23)15-16-33(31(36)24-7-3-1-4-8-24)29(28)18-22-11-13-27(21-35)30(19-22)38-32(37)25-9-5-2-6-10-25;27-15-18-7-9-22-20(12-18)10-11-26(25(30)19-4-2-1-3-5-19)23(22)13-17-6-8-21(16-28)24(29)14-17;20-10-13-2-4-16-14(7-13)5-6-19-17(16)8-12-1-3-15(11-21)18(22)9-12;8-7(9)6-4-2-1-3-5-6/h1-14,17,19,29,34-35H,15-16,18,20-21H2;1-9,12,14,23,27-29H,10-11,13,15-16H2;1-4,7,9,17,19-22H,5-6,8,10-11H2;1-5H. The largest absolute Gasteiger partial charge is 0.508 e. The summed E-state index contributed by atoms with van der Waals surface area (Å²) in [5, 5.41) is 79.8. The lowest BCUT2D eigenvalue weighted by Gasteiger charge is -2.38. The van der Waals surface area contributed by atoms with Crippen LogP contribution in [-0.2, 0) is 78.2 Å². The fourth-order valence-corrected chi connectivity index (χ4v) is 12.9. The lowest BCUT2D eigenvalue weighted by molar-refractivity contribution is 0.0652. The van der Waals surface area contributed by atoms with Gasteiger partial charge in [0.15, 0.2) is 0 Å². The van der Waals surface area contributed by atoms with Crippen LogP contribution in [0.5, 0.6) is 17.2 Å². The number of carbonyl (C=O) groups excluding carboxylic acids is 4. The molecule has 0 aliphatic carbocycles. The van der Waals surface area contributed by atoms with E-state index in [0.29, 0.717) is 77.0 Å². The molecule has 508 valence electrons.